The Morgan fingerprint density at radius 2 is 2.10 bits per heavy atom. The maximum absolute atomic E-state index is 14.2. The fourth-order valence-electron chi connectivity index (χ4n) is 2.82. The summed E-state index contributed by atoms with van der Waals surface area (Å²) in [7, 11) is 0. The van der Waals surface area contributed by atoms with Gasteiger partial charge in [-0.2, -0.15) is 23.5 Å². The number of halogens is 2. The fourth-order valence-corrected chi connectivity index (χ4v) is 6.28. The molecule has 0 spiro atoms. The van der Waals surface area contributed by atoms with Crippen LogP contribution in [0.2, 0.25) is 5.02 Å². The van der Waals surface area contributed by atoms with E-state index in [1.807, 2.05) is 23.9 Å². The summed E-state index contributed by atoms with van der Waals surface area (Å²) in [5.41, 5.74) is 0.722. The molecular weight excluding hydrogens is 325 g/mol. The lowest BCUT2D eigenvalue weighted by atomic mass is 9.99. The van der Waals surface area contributed by atoms with Crippen LogP contribution in [0.3, 0.4) is 0 Å². The number of hydrogen-bond donors (Lipinski definition) is 1. The van der Waals surface area contributed by atoms with E-state index in [0.717, 1.165) is 12.1 Å². The third-order valence-corrected chi connectivity index (χ3v) is 7.53. The number of likely N-dealkylation sites (N-methyl/N-ethyl adjacent to an activating group) is 1. The van der Waals surface area contributed by atoms with Gasteiger partial charge < -0.3 is 5.32 Å². The Hall–Kier alpha value is 0.1000. The van der Waals surface area contributed by atoms with Gasteiger partial charge in [-0.05, 0) is 31.0 Å². The van der Waals surface area contributed by atoms with Gasteiger partial charge in [0.2, 0.25) is 0 Å². The molecule has 5 heteroatoms. The highest BCUT2D eigenvalue weighted by atomic mass is 35.5. The van der Waals surface area contributed by atoms with Gasteiger partial charge in [0, 0.05) is 28.0 Å². The van der Waals surface area contributed by atoms with Crippen LogP contribution in [0.4, 0.5) is 4.39 Å². The molecule has 3 atom stereocenters. The number of thioether (sulfide) groups is 2. The molecule has 1 aromatic carbocycles. The minimum absolute atomic E-state index is 0.223. The van der Waals surface area contributed by atoms with E-state index in [4.69, 9.17) is 11.6 Å². The van der Waals surface area contributed by atoms with Gasteiger partial charge in [0.15, 0.2) is 0 Å². The zero-order valence-electron chi connectivity index (χ0n) is 12.6. The van der Waals surface area contributed by atoms with Gasteiger partial charge in [-0.1, -0.05) is 37.6 Å². The quantitative estimate of drug-likeness (QED) is 0.806. The zero-order valence-corrected chi connectivity index (χ0v) is 15.0. The van der Waals surface area contributed by atoms with Crippen molar-refractivity contribution >= 4 is 35.1 Å². The smallest absolute Gasteiger partial charge is 0.145 e. The summed E-state index contributed by atoms with van der Waals surface area (Å²) < 4.78 is 14.2. The normalized spacial score (nSPS) is 24.0. The highest BCUT2D eigenvalue weighted by molar-refractivity contribution is 8.07. The minimum Gasteiger partial charge on any atom is -0.313 e. The Labute approximate surface area is 140 Å². The van der Waals surface area contributed by atoms with Crippen molar-refractivity contribution in [3.05, 3.63) is 34.6 Å². The van der Waals surface area contributed by atoms with E-state index >= 15 is 0 Å². The van der Waals surface area contributed by atoms with Crippen molar-refractivity contribution in [1.29, 1.82) is 0 Å². The maximum atomic E-state index is 14.2. The summed E-state index contributed by atoms with van der Waals surface area (Å²) in [5, 5.41) is 4.97. The molecule has 0 amide bonds. The largest absolute Gasteiger partial charge is 0.313 e. The van der Waals surface area contributed by atoms with Crippen molar-refractivity contribution < 1.29 is 4.39 Å². The summed E-state index contributed by atoms with van der Waals surface area (Å²) in [5.74, 6) is 2.15. The van der Waals surface area contributed by atoms with E-state index < -0.39 is 0 Å². The second-order valence-corrected chi connectivity index (χ2v) is 8.27. The van der Waals surface area contributed by atoms with E-state index in [2.05, 4.69) is 30.9 Å². The van der Waals surface area contributed by atoms with E-state index in [1.165, 1.54) is 17.9 Å². The molecule has 0 aliphatic carbocycles. The lowest BCUT2D eigenvalue weighted by Crippen LogP contribution is -2.46. The zero-order chi connectivity index (χ0) is 15.2. The van der Waals surface area contributed by atoms with Crippen LogP contribution in [-0.4, -0.2) is 34.6 Å². The van der Waals surface area contributed by atoms with Gasteiger partial charge in [0.05, 0.1) is 5.02 Å². The predicted molar refractivity (Wildman–Crippen MR) is 95.4 cm³/mol. The van der Waals surface area contributed by atoms with Gasteiger partial charge in [0.1, 0.15) is 5.82 Å². The highest BCUT2D eigenvalue weighted by Gasteiger charge is 2.32. The lowest BCUT2D eigenvalue weighted by Gasteiger charge is -2.36. The molecular formula is C16H23ClFNS2. The standard InChI is InChI=1S/C16H23ClFNS2/c1-3-14-16(21-9-8-20-14)13(19-4-2)10-11-6-5-7-12(17)15(11)18/h5-7,13-14,16,19H,3-4,8-10H2,1-2H3. The van der Waals surface area contributed by atoms with Crippen molar-refractivity contribution in [1.82, 2.24) is 5.32 Å². The molecule has 21 heavy (non-hydrogen) atoms. The van der Waals surface area contributed by atoms with Gasteiger partial charge in [-0.25, -0.2) is 4.39 Å². The number of hydrogen-bond acceptors (Lipinski definition) is 3. The molecule has 0 aromatic heterocycles. The molecule has 1 heterocycles. The Morgan fingerprint density at radius 3 is 2.81 bits per heavy atom. The van der Waals surface area contributed by atoms with Gasteiger partial charge in [-0.15, -0.1) is 0 Å². The summed E-state index contributed by atoms with van der Waals surface area (Å²) in [4.78, 5) is 0. The van der Waals surface area contributed by atoms with Crippen LogP contribution in [0, 0.1) is 5.82 Å². The molecule has 1 aliphatic rings. The predicted octanol–water partition coefficient (Wildman–Crippen LogP) is 4.63. The average molecular weight is 348 g/mol. The monoisotopic (exact) mass is 347 g/mol. The lowest BCUT2D eigenvalue weighted by molar-refractivity contribution is 0.479. The van der Waals surface area contributed by atoms with Crippen LogP contribution in [0.25, 0.3) is 0 Å². The van der Waals surface area contributed by atoms with Crippen molar-refractivity contribution in [3.63, 3.8) is 0 Å². The minimum atomic E-state index is -0.261. The first-order valence-corrected chi connectivity index (χ1v) is 10.0. The summed E-state index contributed by atoms with van der Waals surface area (Å²) in [6.07, 6.45) is 1.87. The summed E-state index contributed by atoms with van der Waals surface area (Å²) >= 11 is 10.0. The maximum Gasteiger partial charge on any atom is 0.145 e. The number of rotatable bonds is 6. The molecule has 2 rings (SSSR count). The third-order valence-electron chi connectivity index (χ3n) is 3.83. The van der Waals surface area contributed by atoms with Crippen LogP contribution in [0.5, 0.6) is 0 Å². The topological polar surface area (TPSA) is 12.0 Å². The molecule has 1 saturated heterocycles. The van der Waals surface area contributed by atoms with Crippen LogP contribution < -0.4 is 5.32 Å². The first-order chi connectivity index (χ1) is 10.2. The molecule has 118 valence electrons. The molecule has 1 N–H and O–H groups in total. The van der Waals surface area contributed by atoms with Gasteiger partial charge in [0.25, 0.3) is 0 Å². The first kappa shape index (κ1) is 17.5. The Kier molecular flexibility index (Phi) is 7.20. The summed E-state index contributed by atoms with van der Waals surface area (Å²) in [6, 6.07) is 5.60. The first-order valence-electron chi connectivity index (χ1n) is 7.56. The van der Waals surface area contributed by atoms with Crippen molar-refractivity contribution in [2.24, 2.45) is 0 Å². The molecule has 1 aliphatic heterocycles. The molecule has 3 unspecified atom stereocenters. The highest BCUT2D eigenvalue weighted by Crippen LogP contribution is 2.36. The van der Waals surface area contributed by atoms with Crippen molar-refractivity contribution in [2.45, 2.75) is 43.2 Å². The van der Waals surface area contributed by atoms with E-state index in [1.54, 1.807) is 6.07 Å². The molecule has 1 aromatic rings. The molecule has 0 saturated carbocycles. The molecule has 0 bridgehead atoms. The summed E-state index contributed by atoms with van der Waals surface area (Å²) in [6.45, 7) is 5.27. The van der Waals surface area contributed by atoms with Gasteiger partial charge in [-0.3, -0.25) is 0 Å². The van der Waals surface area contributed by atoms with Crippen LogP contribution >= 0.6 is 35.1 Å². The third kappa shape index (κ3) is 4.54. The van der Waals surface area contributed by atoms with Crippen molar-refractivity contribution in [3.8, 4) is 0 Å². The van der Waals surface area contributed by atoms with Crippen LogP contribution in [0.15, 0.2) is 18.2 Å². The molecule has 0 radical (unpaired) electrons. The van der Waals surface area contributed by atoms with Crippen LogP contribution in [0.1, 0.15) is 25.8 Å². The molecule has 1 nitrogen and oxygen atoms in total. The van der Waals surface area contributed by atoms with Crippen molar-refractivity contribution in [2.75, 3.05) is 18.1 Å². The Bertz CT molecular complexity index is 458. The van der Waals surface area contributed by atoms with Crippen LogP contribution in [-0.2, 0) is 6.42 Å². The molecule has 1 fully saturated rings. The fraction of sp³-hybridized carbons (Fsp3) is 0.625. The Morgan fingerprint density at radius 1 is 1.33 bits per heavy atom. The second kappa shape index (κ2) is 8.66. The van der Waals surface area contributed by atoms with E-state index in [-0.39, 0.29) is 10.8 Å². The second-order valence-electron chi connectivity index (χ2n) is 5.23. The number of benzene rings is 1. The van der Waals surface area contributed by atoms with E-state index in [9.17, 15) is 4.39 Å². The number of nitrogens with one attached hydrogen (secondary N) is 1. The van der Waals surface area contributed by atoms with Gasteiger partial charge >= 0.3 is 0 Å². The average Bonchev–Trinajstić information content (AvgIpc) is 2.51. The SMILES string of the molecule is CCNC(Cc1cccc(Cl)c1F)C1SCCSC1CC. The van der Waals surface area contributed by atoms with E-state index in [0.29, 0.717) is 23.0 Å². The Balaban J connectivity index is 2.16.